The molecule has 0 spiro atoms. The number of benzene rings is 2. The molecule has 5 rings (SSSR count). The molecule has 0 atom stereocenters. The van der Waals surface area contributed by atoms with E-state index < -0.39 is 11.0 Å². The number of aromatic amines is 1. The van der Waals surface area contributed by atoms with E-state index in [2.05, 4.69) is 20.3 Å². The van der Waals surface area contributed by atoms with Crippen molar-refractivity contribution < 1.29 is 14.3 Å². The van der Waals surface area contributed by atoms with E-state index in [0.717, 1.165) is 29.5 Å². The van der Waals surface area contributed by atoms with Crippen LogP contribution in [0.25, 0.3) is 22.4 Å². The Morgan fingerprint density at radius 1 is 1.08 bits per heavy atom. The molecule has 36 heavy (non-hydrogen) atoms. The van der Waals surface area contributed by atoms with Gasteiger partial charge in [-0.05, 0) is 56.0 Å². The Balaban J connectivity index is 1.37. The standard InChI is InChI=1S/C27H26ClN5O3/c1-15(34)33-26(2,3)17-8-10-19(11-9-17)36-25-30-21-14-20(28)22(31-23(21)32-25)16-4-6-18(7-5-16)27(12-13-27)24(29)35/h4-11,14H,12-13H2,1-3H3,(H2,29,35)(H,33,34)(H,30,31,32). The molecule has 9 heteroatoms. The number of carbonyl (C=O) groups excluding carboxylic acids is 2. The summed E-state index contributed by atoms with van der Waals surface area (Å²) >= 11 is 6.54. The predicted octanol–water partition coefficient (Wildman–Crippen LogP) is 4.96. The topological polar surface area (TPSA) is 123 Å². The number of nitrogens with one attached hydrogen (secondary N) is 2. The van der Waals surface area contributed by atoms with Crippen LogP contribution < -0.4 is 15.8 Å². The first-order valence-corrected chi connectivity index (χ1v) is 12.0. The first-order valence-electron chi connectivity index (χ1n) is 11.6. The van der Waals surface area contributed by atoms with Crippen molar-refractivity contribution in [3.05, 3.63) is 70.7 Å². The van der Waals surface area contributed by atoms with Crippen molar-refractivity contribution in [2.24, 2.45) is 5.73 Å². The van der Waals surface area contributed by atoms with Crippen LogP contribution in [-0.2, 0) is 20.5 Å². The number of carbonyl (C=O) groups is 2. The fourth-order valence-corrected chi connectivity index (χ4v) is 4.72. The van der Waals surface area contributed by atoms with E-state index in [4.69, 9.17) is 22.1 Å². The third-order valence-electron chi connectivity index (χ3n) is 6.62. The van der Waals surface area contributed by atoms with Gasteiger partial charge in [-0.3, -0.25) is 9.59 Å². The van der Waals surface area contributed by atoms with Gasteiger partial charge in [0.15, 0.2) is 5.65 Å². The average molecular weight is 504 g/mol. The van der Waals surface area contributed by atoms with Gasteiger partial charge in [0.25, 0.3) is 0 Å². The van der Waals surface area contributed by atoms with E-state index in [1.807, 2.05) is 62.4 Å². The summed E-state index contributed by atoms with van der Waals surface area (Å²) in [5.41, 5.74) is 8.92. The van der Waals surface area contributed by atoms with Crippen molar-refractivity contribution in [1.82, 2.24) is 20.3 Å². The van der Waals surface area contributed by atoms with E-state index in [1.54, 1.807) is 6.07 Å². The van der Waals surface area contributed by atoms with Crippen molar-refractivity contribution in [3.63, 3.8) is 0 Å². The minimum atomic E-state index is -0.536. The molecule has 1 fully saturated rings. The van der Waals surface area contributed by atoms with Gasteiger partial charge in [-0.15, -0.1) is 0 Å². The summed E-state index contributed by atoms with van der Waals surface area (Å²) in [4.78, 5) is 35.5. The van der Waals surface area contributed by atoms with Gasteiger partial charge in [0.05, 0.1) is 27.2 Å². The van der Waals surface area contributed by atoms with Crippen LogP contribution in [0.1, 0.15) is 44.7 Å². The number of amides is 2. The number of hydrogen-bond donors (Lipinski definition) is 3. The molecule has 4 aromatic rings. The summed E-state index contributed by atoms with van der Waals surface area (Å²) in [6.45, 7) is 5.37. The summed E-state index contributed by atoms with van der Waals surface area (Å²) in [5, 5.41) is 3.39. The lowest BCUT2D eigenvalue weighted by Crippen LogP contribution is -2.39. The molecule has 0 radical (unpaired) electrons. The smallest absolute Gasteiger partial charge is 0.301 e. The van der Waals surface area contributed by atoms with Gasteiger partial charge in [0.1, 0.15) is 5.75 Å². The van der Waals surface area contributed by atoms with Gasteiger partial charge in [-0.2, -0.15) is 4.98 Å². The Kier molecular flexibility index (Phi) is 5.71. The van der Waals surface area contributed by atoms with Crippen molar-refractivity contribution in [1.29, 1.82) is 0 Å². The second-order valence-corrected chi connectivity index (χ2v) is 10.1. The molecule has 2 amide bonds. The second-order valence-electron chi connectivity index (χ2n) is 9.69. The second kappa shape index (κ2) is 8.64. The number of fused-ring (bicyclic) bond motifs is 1. The molecular formula is C27H26ClN5O3. The highest BCUT2D eigenvalue weighted by Gasteiger charge is 2.49. The molecule has 2 aromatic heterocycles. The number of primary amides is 1. The van der Waals surface area contributed by atoms with Gasteiger partial charge in [-0.25, -0.2) is 4.98 Å². The number of halogens is 1. The van der Waals surface area contributed by atoms with Gasteiger partial charge in [0.2, 0.25) is 11.8 Å². The molecule has 0 bridgehead atoms. The van der Waals surface area contributed by atoms with Crippen LogP contribution in [0.4, 0.5) is 0 Å². The van der Waals surface area contributed by atoms with E-state index in [-0.39, 0.29) is 17.8 Å². The predicted molar refractivity (Wildman–Crippen MR) is 138 cm³/mol. The highest BCUT2D eigenvalue weighted by atomic mass is 35.5. The van der Waals surface area contributed by atoms with Crippen LogP contribution in [0, 0.1) is 0 Å². The molecule has 2 heterocycles. The van der Waals surface area contributed by atoms with E-state index in [0.29, 0.717) is 27.6 Å². The summed E-state index contributed by atoms with van der Waals surface area (Å²) in [7, 11) is 0. The largest absolute Gasteiger partial charge is 0.426 e. The maximum atomic E-state index is 11.8. The lowest BCUT2D eigenvalue weighted by molar-refractivity contribution is -0.121. The Bertz CT molecular complexity index is 1470. The van der Waals surface area contributed by atoms with Gasteiger partial charge >= 0.3 is 6.01 Å². The molecule has 0 aliphatic heterocycles. The number of nitrogens with zero attached hydrogens (tertiary/aromatic N) is 2. The zero-order valence-corrected chi connectivity index (χ0v) is 20.9. The van der Waals surface area contributed by atoms with Crippen molar-refractivity contribution in [3.8, 4) is 23.0 Å². The zero-order chi connectivity index (χ0) is 25.7. The third kappa shape index (κ3) is 4.40. The monoisotopic (exact) mass is 503 g/mol. The highest BCUT2D eigenvalue weighted by molar-refractivity contribution is 6.33. The SMILES string of the molecule is CC(=O)NC(C)(C)c1ccc(Oc2nc3nc(-c4ccc(C5(C(N)=O)CC5)cc4)c(Cl)cc3[nH]2)cc1. The van der Waals surface area contributed by atoms with Crippen LogP contribution in [-0.4, -0.2) is 26.8 Å². The van der Waals surface area contributed by atoms with Crippen LogP contribution in [0.3, 0.4) is 0 Å². The number of nitrogens with two attached hydrogens (primary N) is 1. The molecular weight excluding hydrogens is 478 g/mol. The Morgan fingerprint density at radius 2 is 1.75 bits per heavy atom. The zero-order valence-electron chi connectivity index (χ0n) is 20.2. The minimum Gasteiger partial charge on any atom is -0.426 e. The van der Waals surface area contributed by atoms with Crippen molar-refractivity contribution in [2.45, 2.75) is 44.6 Å². The summed E-state index contributed by atoms with van der Waals surface area (Å²) in [5.74, 6) is 0.200. The van der Waals surface area contributed by atoms with Gasteiger partial charge in [-0.1, -0.05) is 48.0 Å². The molecule has 184 valence electrons. The highest BCUT2D eigenvalue weighted by Crippen LogP contribution is 2.48. The van der Waals surface area contributed by atoms with Gasteiger partial charge in [0, 0.05) is 12.5 Å². The molecule has 0 saturated heterocycles. The summed E-state index contributed by atoms with van der Waals surface area (Å²) in [6.07, 6.45) is 1.55. The average Bonchev–Trinajstić information content (AvgIpc) is 3.55. The number of rotatable bonds is 7. The van der Waals surface area contributed by atoms with Crippen LogP contribution >= 0.6 is 11.6 Å². The van der Waals surface area contributed by atoms with E-state index in [1.165, 1.54) is 6.92 Å². The Labute approximate surface area is 213 Å². The third-order valence-corrected chi connectivity index (χ3v) is 6.90. The van der Waals surface area contributed by atoms with E-state index in [9.17, 15) is 9.59 Å². The first-order chi connectivity index (χ1) is 17.1. The van der Waals surface area contributed by atoms with Crippen LogP contribution in [0.5, 0.6) is 11.8 Å². The maximum absolute atomic E-state index is 11.8. The summed E-state index contributed by atoms with van der Waals surface area (Å²) in [6, 6.07) is 17.1. The fraction of sp³-hybridized carbons (Fsp3) is 0.259. The van der Waals surface area contributed by atoms with E-state index >= 15 is 0 Å². The number of pyridine rings is 1. The lowest BCUT2D eigenvalue weighted by Gasteiger charge is -2.26. The maximum Gasteiger partial charge on any atom is 0.301 e. The lowest BCUT2D eigenvalue weighted by atomic mass is 9.94. The molecule has 1 aliphatic carbocycles. The molecule has 8 nitrogen and oxygen atoms in total. The number of imidazole rings is 1. The molecule has 1 saturated carbocycles. The van der Waals surface area contributed by atoms with Crippen molar-refractivity contribution in [2.75, 3.05) is 0 Å². The normalized spacial score (nSPS) is 14.4. The first kappa shape index (κ1) is 23.8. The summed E-state index contributed by atoms with van der Waals surface area (Å²) < 4.78 is 5.90. The van der Waals surface area contributed by atoms with Crippen LogP contribution in [0.15, 0.2) is 54.6 Å². The quantitative estimate of drug-likeness (QED) is 0.329. The Hall–Kier alpha value is -3.91. The number of hydrogen-bond acceptors (Lipinski definition) is 5. The van der Waals surface area contributed by atoms with Crippen molar-refractivity contribution >= 4 is 34.6 Å². The molecule has 2 aromatic carbocycles. The molecule has 4 N–H and O–H groups in total. The number of H-pyrrole nitrogens is 1. The number of ether oxygens (including phenoxy) is 1. The molecule has 0 unspecified atom stereocenters. The Morgan fingerprint density at radius 3 is 2.33 bits per heavy atom. The fourth-order valence-electron chi connectivity index (χ4n) is 4.46. The number of aromatic nitrogens is 3. The van der Waals surface area contributed by atoms with Gasteiger partial charge < -0.3 is 20.8 Å². The minimum absolute atomic E-state index is 0.0958. The molecule has 1 aliphatic rings. The van der Waals surface area contributed by atoms with Crippen LogP contribution in [0.2, 0.25) is 5.02 Å².